The summed E-state index contributed by atoms with van der Waals surface area (Å²) in [6.07, 6.45) is 0.562. The van der Waals surface area contributed by atoms with Gasteiger partial charge in [-0.3, -0.25) is 9.59 Å². The molecule has 4 N–H and O–H groups in total. The second-order valence-electron chi connectivity index (χ2n) is 5.01. The standard InChI is InChI=1S/C14H19N3O2/c1-9(7-15)4-13(18)17-12-3-2-10(8-16)5-11(12)6-14(17)19/h2-3,5,9H,4,6-8,15-16H2,1H3. The quantitative estimate of drug-likeness (QED) is 0.828. The van der Waals surface area contributed by atoms with E-state index in [4.69, 9.17) is 11.5 Å². The molecule has 1 heterocycles. The van der Waals surface area contributed by atoms with Crippen LogP contribution >= 0.6 is 0 Å². The molecule has 0 spiro atoms. The molecular weight excluding hydrogens is 242 g/mol. The molecule has 1 atom stereocenters. The third-order valence-corrected chi connectivity index (χ3v) is 3.39. The van der Waals surface area contributed by atoms with Crippen LogP contribution in [0.25, 0.3) is 0 Å². The molecule has 2 amide bonds. The van der Waals surface area contributed by atoms with E-state index in [0.717, 1.165) is 11.1 Å². The predicted octanol–water partition coefficient (Wildman–Crippen LogP) is 0.546. The molecule has 5 heteroatoms. The maximum Gasteiger partial charge on any atom is 0.238 e. The fourth-order valence-electron chi connectivity index (χ4n) is 2.25. The van der Waals surface area contributed by atoms with Crippen LogP contribution in [0.2, 0.25) is 0 Å². The molecule has 5 nitrogen and oxygen atoms in total. The number of hydrogen-bond donors (Lipinski definition) is 2. The Morgan fingerprint density at radius 1 is 1.42 bits per heavy atom. The minimum absolute atomic E-state index is 0.0765. The summed E-state index contributed by atoms with van der Waals surface area (Å²) in [5.74, 6) is -0.270. The molecule has 0 radical (unpaired) electrons. The van der Waals surface area contributed by atoms with Gasteiger partial charge in [0.05, 0.1) is 12.1 Å². The lowest BCUT2D eigenvalue weighted by Crippen LogP contribution is -2.35. The van der Waals surface area contributed by atoms with Crippen molar-refractivity contribution in [1.82, 2.24) is 0 Å². The number of anilines is 1. The van der Waals surface area contributed by atoms with Crippen molar-refractivity contribution in [2.24, 2.45) is 17.4 Å². The third kappa shape index (κ3) is 2.67. The number of hydrogen-bond acceptors (Lipinski definition) is 4. The topological polar surface area (TPSA) is 89.4 Å². The Hall–Kier alpha value is -1.72. The van der Waals surface area contributed by atoms with Crippen LogP contribution in [0.3, 0.4) is 0 Å². The van der Waals surface area contributed by atoms with Crippen LogP contribution in [0.4, 0.5) is 5.69 Å². The van der Waals surface area contributed by atoms with Gasteiger partial charge < -0.3 is 11.5 Å². The van der Waals surface area contributed by atoms with E-state index in [2.05, 4.69) is 0 Å². The molecule has 1 unspecified atom stereocenters. The molecule has 102 valence electrons. The van der Waals surface area contributed by atoms with E-state index in [9.17, 15) is 9.59 Å². The van der Waals surface area contributed by atoms with Crippen molar-refractivity contribution in [3.63, 3.8) is 0 Å². The van der Waals surface area contributed by atoms with Crippen LogP contribution in [-0.4, -0.2) is 18.4 Å². The van der Waals surface area contributed by atoms with Gasteiger partial charge in [-0.15, -0.1) is 0 Å². The molecule has 1 aliphatic heterocycles. The SMILES string of the molecule is CC(CN)CC(=O)N1C(=O)Cc2cc(CN)ccc21. The summed E-state index contributed by atoms with van der Waals surface area (Å²) in [6.45, 7) is 2.77. The second-order valence-corrected chi connectivity index (χ2v) is 5.01. The molecule has 0 bridgehead atoms. The lowest BCUT2D eigenvalue weighted by molar-refractivity contribution is -0.126. The zero-order chi connectivity index (χ0) is 14.0. The fraction of sp³-hybridized carbons (Fsp3) is 0.429. The normalized spacial score (nSPS) is 15.5. The minimum atomic E-state index is -0.179. The summed E-state index contributed by atoms with van der Waals surface area (Å²) >= 11 is 0. The molecule has 0 saturated carbocycles. The summed E-state index contributed by atoms with van der Waals surface area (Å²) in [5, 5.41) is 0. The highest BCUT2D eigenvalue weighted by Crippen LogP contribution is 2.30. The molecule has 0 fully saturated rings. The van der Waals surface area contributed by atoms with Gasteiger partial charge >= 0.3 is 0 Å². The maximum atomic E-state index is 12.2. The van der Waals surface area contributed by atoms with E-state index >= 15 is 0 Å². The summed E-state index contributed by atoms with van der Waals surface area (Å²) < 4.78 is 0. The van der Waals surface area contributed by atoms with Crippen molar-refractivity contribution in [3.8, 4) is 0 Å². The number of benzene rings is 1. The Bertz CT molecular complexity index is 513. The highest BCUT2D eigenvalue weighted by atomic mass is 16.2. The molecule has 0 saturated heterocycles. The molecule has 0 aromatic heterocycles. The summed E-state index contributed by atoms with van der Waals surface area (Å²) in [4.78, 5) is 25.4. The van der Waals surface area contributed by atoms with Gasteiger partial charge in [0.15, 0.2) is 0 Å². The first-order valence-corrected chi connectivity index (χ1v) is 6.44. The minimum Gasteiger partial charge on any atom is -0.330 e. The number of nitrogens with two attached hydrogens (primary N) is 2. The van der Waals surface area contributed by atoms with Gasteiger partial charge in [0, 0.05) is 13.0 Å². The largest absolute Gasteiger partial charge is 0.330 e. The van der Waals surface area contributed by atoms with Crippen molar-refractivity contribution in [1.29, 1.82) is 0 Å². The summed E-state index contributed by atoms with van der Waals surface area (Å²) in [5.41, 5.74) is 13.6. The van der Waals surface area contributed by atoms with E-state index in [1.165, 1.54) is 4.90 Å². The van der Waals surface area contributed by atoms with E-state index in [0.29, 0.717) is 25.2 Å². The van der Waals surface area contributed by atoms with Crippen molar-refractivity contribution in [2.45, 2.75) is 26.3 Å². The van der Waals surface area contributed by atoms with Gasteiger partial charge in [-0.2, -0.15) is 0 Å². The predicted molar refractivity (Wildman–Crippen MR) is 73.4 cm³/mol. The van der Waals surface area contributed by atoms with E-state index in [1.54, 1.807) is 6.07 Å². The van der Waals surface area contributed by atoms with Crippen LogP contribution in [0, 0.1) is 5.92 Å². The van der Waals surface area contributed by atoms with Crippen molar-refractivity contribution < 1.29 is 9.59 Å². The van der Waals surface area contributed by atoms with Crippen molar-refractivity contribution in [2.75, 3.05) is 11.4 Å². The number of imide groups is 1. The number of rotatable bonds is 4. The maximum absolute atomic E-state index is 12.2. The Morgan fingerprint density at radius 2 is 2.16 bits per heavy atom. The first kappa shape index (κ1) is 13.7. The molecule has 0 aliphatic carbocycles. The lowest BCUT2D eigenvalue weighted by Gasteiger charge is -2.17. The fourth-order valence-corrected chi connectivity index (χ4v) is 2.25. The molecule has 2 rings (SSSR count). The number of nitrogens with zero attached hydrogens (tertiary/aromatic N) is 1. The number of fused-ring (bicyclic) bond motifs is 1. The van der Waals surface area contributed by atoms with Crippen LogP contribution in [0.1, 0.15) is 24.5 Å². The van der Waals surface area contributed by atoms with Gasteiger partial charge in [0.2, 0.25) is 11.8 Å². The Kier molecular flexibility index (Phi) is 3.97. The van der Waals surface area contributed by atoms with E-state index in [1.807, 2.05) is 19.1 Å². The highest BCUT2D eigenvalue weighted by Gasteiger charge is 2.32. The smallest absolute Gasteiger partial charge is 0.238 e. The van der Waals surface area contributed by atoms with E-state index in [-0.39, 0.29) is 24.2 Å². The van der Waals surface area contributed by atoms with Gasteiger partial charge in [-0.25, -0.2) is 4.90 Å². The average molecular weight is 261 g/mol. The van der Waals surface area contributed by atoms with Gasteiger partial charge in [-0.05, 0) is 29.7 Å². The summed E-state index contributed by atoms with van der Waals surface area (Å²) in [6, 6.07) is 5.55. The van der Waals surface area contributed by atoms with Gasteiger partial charge in [0.1, 0.15) is 0 Å². The third-order valence-electron chi connectivity index (χ3n) is 3.39. The Morgan fingerprint density at radius 3 is 2.79 bits per heavy atom. The van der Waals surface area contributed by atoms with Crippen molar-refractivity contribution in [3.05, 3.63) is 29.3 Å². The average Bonchev–Trinajstić information content (AvgIpc) is 2.73. The van der Waals surface area contributed by atoms with Crippen LogP contribution in [0.5, 0.6) is 0 Å². The highest BCUT2D eigenvalue weighted by molar-refractivity contribution is 6.19. The zero-order valence-corrected chi connectivity index (χ0v) is 11.1. The number of carbonyl (C=O) groups excluding carboxylic acids is 2. The second kappa shape index (κ2) is 5.50. The molecule has 19 heavy (non-hydrogen) atoms. The monoisotopic (exact) mass is 261 g/mol. The molecule has 1 aromatic rings. The summed E-state index contributed by atoms with van der Waals surface area (Å²) in [7, 11) is 0. The molecule has 1 aromatic carbocycles. The van der Waals surface area contributed by atoms with Crippen LogP contribution in [0.15, 0.2) is 18.2 Å². The first-order chi connectivity index (χ1) is 9.06. The van der Waals surface area contributed by atoms with E-state index < -0.39 is 0 Å². The molecule has 1 aliphatic rings. The van der Waals surface area contributed by atoms with Crippen LogP contribution in [-0.2, 0) is 22.6 Å². The number of carbonyl (C=O) groups is 2. The molecular formula is C14H19N3O2. The Balaban J connectivity index is 2.25. The zero-order valence-electron chi connectivity index (χ0n) is 11.1. The van der Waals surface area contributed by atoms with Crippen LogP contribution < -0.4 is 16.4 Å². The Labute approximate surface area is 112 Å². The van der Waals surface area contributed by atoms with Gasteiger partial charge in [-0.1, -0.05) is 19.1 Å². The van der Waals surface area contributed by atoms with Gasteiger partial charge in [0.25, 0.3) is 0 Å². The number of amides is 2. The van der Waals surface area contributed by atoms with Crippen molar-refractivity contribution >= 4 is 17.5 Å². The first-order valence-electron chi connectivity index (χ1n) is 6.44. The lowest BCUT2D eigenvalue weighted by atomic mass is 10.1.